The number of hydrogen-bond acceptors (Lipinski definition) is 5. The van der Waals surface area contributed by atoms with Crippen LogP contribution in [0.3, 0.4) is 0 Å². The highest BCUT2D eigenvalue weighted by atomic mass is 127. The lowest BCUT2D eigenvalue weighted by Crippen LogP contribution is -2.39. The molecule has 2 aromatic rings. The van der Waals surface area contributed by atoms with E-state index in [9.17, 15) is 13.5 Å². The minimum Gasteiger partial charge on any atom is -0.491 e. The zero-order chi connectivity index (χ0) is 22.1. The van der Waals surface area contributed by atoms with Gasteiger partial charge in [-0.1, -0.05) is 24.3 Å². The fraction of sp³-hybridized carbons (Fsp3) is 0.381. The minimum atomic E-state index is -3.76. The van der Waals surface area contributed by atoms with Crippen molar-refractivity contribution in [3.8, 4) is 5.75 Å². The smallest absolute Gasteiger partial charge is 0.238 e. The molecule has 0 fully saturated rings. The summed E-state index contributed by atoms with van der Waals surface area (Å²) in [6, 6.07) is 13.7. The molecular weight excluding hydrogens is 531 g/mol. The highest BCUT2D eigenvalue weighted by Crippen LogP contribution is 2.18. The molecule has 1 atom stereocenters. The summed E-state index contributed by atoms with van der Waals surface area (Å²) >= 11 is 0. The third-order valence-electron chi connectivity index (χ3n) is 4.09. The van der Waals surface area contributed by atoms with E-state index in [-0.39, 0.29) is 48.1 Å². The largest absolute Gasteiger partial charge is 0.491 e. The van der Waals surface area contributed by atoms with Gasteiger partial charge in [-0.25, -0.2) is 18.5 Å². The summed E-state index contributed by atoms with van der Waals surface area (Å²) < 4.78 is 28.6. The molecule has 0 saturated carbocycles. The third-order valence-corrected chi connectivity index (χ3v) is 5.00. The summed E-state index contributed by atoms with van der Waals surface area (Å²) in [5, 5.41) is 21.8. The van der Waals surface area contributed by atoms with Gasteiger partial charge in [0.25, 0.3) is 0 Å². The van der Waals surface area contributed by atoms with Gasteiger partial charge in [-0.15, -0.1) is 24.0 Å². The van der Waals surface area contributed by atoms with E-state index >= 15 is 0 Å². The van der Waals surface area contributed by atoms with Crippen molar-refractivity contribution in [1.29, 1.82) is 0 Å². The molecule has 5 N–H and O–H groups in total. The van der Waals surface area contributed by atoms with E-state index in [0.717, 1.165) is 11.3 Å². The van der Waals surface area contributed by atoms with E-state index in [2.05, 4.69) is 15.6 Å². The number of nitrogens with one attached hydrogen (secondary N) is 2. The molecule has 8 nitrogen and oxygen atoms in total. The van der Waals surface area contributed by atoms with Gasteiger partial charge in [-0.3, -0.25) is 0 Å². The Bertz CT molecular complexity index is 950. The number of rotatable bonds is 9. The van der Waals surface area contributed by atoms with Crippen LogP contribution in [0.25, 0.3) is 0 Å². The maximum atomic E-state index is 11.5. The predicted molar refractivity (Wildman–Crippen MR) is 133 cm³/mol. The summed E-state index contributed by atoms with van der Waals surface area (Å²) in [5.41, 5.74) is 1.47. The van der Waals surface area contributed by atoms with Crippen molar-refractivity contribution in [2.75, 3.05) is 13.1 Å². The highest BCUT2D eigenvalue weighted by Gasteiger charge is 2.10. The molecule has 172 valence electrons. The van der Waals surface area contributed by atoms with Crippen molar-refractivity contribution in [2.45, 2.75) is 44.4 Å². The van der Waals surface area contributed by atoms with E-state index in [1.807, 2.05) is 45.0 Å². The molecule has 1 unspecified atom stereocenters. The number of aliphatic hydroxyl groups excluding tert-OH is 1. The average Bonchev–Trinajstić information content (AvgIpc) is 2.69. The molecule has 0 aliphatic carbocycles. The van der Waals surface area contributed by atoms with E-state index in [1.165, 1.54) is 12.1 Å². The molecule has 2 rings (SSSR count). The standard InChI is InChI=1S/C21H30N4O4S.HI/c1-4-23-21(24-13-16-6-5-7-19(12-16)30(22,27)28)25-14-20(26)17-8-10-18(11-9-17)29-15(2)3;/h5-12,15,20,26H,4,13-14H2,1-3H3,(H2,22,27,28)(H2,23,24,25);1H. The molecule has 0 amide bonds. The van der Waals surface area contributed by atoms with Gasteiger partial charge >= 0.3 is 0 Å². The van der Waals surface area contributed by atoms with Crippen LogP contribution in [0.4, 0.5) is 0 Å². The van der Waals surface area contributed by atoms with E-state index in [1.54, 1.807) is 12.1 Å². The van der Waals surface area contributed by atoms with Crippen LogP contribution in [0.5, 0.6) is 5.75 Å². The van der Waals surface area contributed by atoms with Crippen LogP contribution in [-0.4, -0.2) is 38.7 Å². The SMILES string of the molecule is CCNC(=NCc1cccc(S(N)(=O)=O)c1)NCC(O)c1ccc(OC(C)C)cc1.I. The predicted octanol–water partition coefficient (Wildman–Crippen LogP) is 2.53. The second kappa shape index (κ2) is 12.8. The Balaban J connectivity index is 0.00000480. The first-order valence-electron chi connectivity index (χ1n) is 9.77. The Hall–Kier alpha value is -1.89. The fourth-order valence-electron chi connectivity index (χ4n) is 2.68. The minimum absolute atomic E-state index is 0. The lowest BCUT2D eigenvalue weighted by atomic mass is 10.1. The van der Waals surface area contributed by atoms with Gasteiger partial charge in [0.2, 0.25) is 10.0 Å². The molecule has 2 aromatic carbocycles. The monoisotopic (exact) mass is 562 g/mol. The van der Waals surface area contributed by atoms with E-state index < -0.39 is 16.1 Å². The number of primary sulfonamides is 1. The molecule has 0 bridgehead atoms. The van der Waals surface area contributed by atoms with Gasteiger partial charge in [-0.05, 0) is 56.2 Å². The Morgan fingerprint density at radius 1 is 1.16 bits per heavy atom. The van der Waals surface area contributed by atoms with E-state index in [4.69, 9.17) is 9.88 Å². The first-order chi connectivity index (χ1) is 14.2. The van der Waals surface area contributed by atoms with Crippen LogP contribution < -0.4 is 20.5 Å². The Kier molecular flexibility index (Phi) is 11.2. The summed E-state index contributed by atoms with van der Waals surface area (Å²) in [6.07, 6.45) is -0.639. The van der Waals surface area contributed by atoms with Crippen molar-refractivity contribution < 1.29 is 18.3 Å². The zero-order valence-corrected chi connectivity index (χ0v) is 21.1. The molecule has 0 aromatic heterocycles. The summed E-state index contributed by atoms with van der Waals surface area (Å²) in [6.45, 7) is 7.01. The molecule has 31 heavy (non-hydrogen) atoms. The number of sulfonamides is 1. The van der Waals surface area contributed by atoms with Crippen LogP contribution in [0.1, 0.15) is 38.0 Å². The summed E-state index contributed by atoms with van der Waals surface area (Å²) in [4.78, 5) is 4.50. The van der Waals surface area contributed by atoms with E-state index in [0.29, 0.717) is 18.1 Å². The number of aliphatic hydroxyl groups is 1. The first-order valence-corrected chi connectivity index (χ1v) is 11.3. The fourth-order valence-corrected chi connectivity index (χ4v) is 3.27. The maximum absolute atomic E-state index is 11.5. The molecule has 0 spiro atoms. The van der Waals surface area contributed by atoms with Crippen LogP contribution in [0, 0.1) is 0 Å². The molecule has 0 heterocycles. The van der Waals surface area contributed by atoms with Gasteiger partial charge in [0, 0.05) is 13.1 Å². The number of halogens is 1. The van der Waals surface area contributed by atoms with Crippen molar-refractivity contribution in [1.82, 2.24) is 10.6 Å². The van der Waals surface area contributed by atoms with Gasteiger partial charge < -0.3 is 20.5 Å². The molecule has 0 saturated heterocycles. The normalized spacial score (nSPS) is 12.8. The topological polar surface area (TPSA) is 126 Å². The average molecular weight is 562 g/mol. The Morgan fingerprint density at radius 2 is 1.84 bits per heavy atom. The van der Waals surface area contributed by atoms with Gasteiger partial charge in [-0.2, -0.15) is 0 Å². The molecule has 0 radical (unpaired) electrons. The quantitative estimate of drug-likeness (QED) is 0.212. The second-order valence-electron chi connectivity index (χ2n) is 7.02. The number of benzene rings is 2. The van der Waals surface area contributed by atoms with Gasteiger partial charge in [0.1, 0.15) is 5.75 Å². The maximum Gasteiger partial charge on any atom is 0.238 e. The van der Waals surface area contributed by atoms with Crippen molar-refractivity contribution in [3.05, 3.63) is 59.7 Å². The third kappa shape index (κ3) is 9.42. The molecule has 0 aliphatic heterocycles. The van der Waals surface area contributed by atoms with Crippen LogP contribution in [-0.2, 0) is 16.6 Å². The summed E-state index contributed by atoms with van der Waals surface area (Å²) in [5.74, 6) is 1.27. The first kappa shape index (κ1) is 27.1. The van der Waals surface area contributed by atoms with Crippen molar-refractivity contribution in [3.63, 3.8) is 0 Å². The van der Waals surface area contributed by atoms with Gasteiger partial charge in [0.05, 0.1) is 23.6 Å². The lowest BCUT2D eigenvalue weighted by Gasteiger charge is -2.16. The number of ether oxygens (including phenoxy) is 1. The van der Waals surface area contributed by atoms with Crippen LogP contribution in [0.15, 0.2) is 58.4 Å². The zero-order valence-electron chi connectivity index (χ0n) is 17.9. The van der Waals surface area contributed by atoms with Crippen LogP contribution >= 0.6 is 24.0 Å². The van der Waals surface area contributed by atoms with Crippen LogP contribution in [0.2, 0.25) is 0 Å². The summed E-state index contributed by atoms with van der Waals surface area (Å²) in [7, 11) is -3.76. The molecule has 10 heteroatoms. The number of aliphatic imine (C=N–C) groups is 1. The lowest BCUT2D eigenvalue weighted by molar-refractivity contribution is 0.180. The molecular formula is C21H31IN4O4S. The van der Waals surface area contributed by atoms with Crippen molar-refractivity contribution >= 4 is 40.0 Å². The number of nitrogens with two attached hydrogens (primary N) is 1. The number of nitrogens with zero attached hydrogens (tertiary/aromatic N) is 1. The Labute approximate surface area is 201 Å². The van der Waals surface area contributed by atoms with Gasteiger partial charge in [0.15, 0.2) is 5.96 Å². The number of hydrogen-bond donors (Lipinski definition) is 4. The highest BCUT2D eigenvalue weighted by molar-refractivity contribution is 14.0. The molecule has 0 aliphatic rings. The van der Waals surface area contributed by atoms with Crippen molar-refractivity contribution in [2.24, 2.45) is 10.1 Å². The second-order valence-corrected chi connectivity index (χ2v) is 8.58. The Morgan fingerprint density at radius 3 is 2.42 bits per heavy atom. The number of guanidine groups is 1.